The van der Waals surface area contributed by atoms with Crippen molar-refractivity contribution >= 4 is 0 Å². The van der Waals surface area contributed by atoms with Crippen LogP contribution in [0.1, 0.15) is 40.4 Å². The maximum Gasteiger partial charge on any atom is 0.165 e. The molecule has 4 rings (SSSR count). The van der Waals surface area contributed by atoms with E-state index in [0.717, 1.165) is 43.1 Å². The number of aryl methyl sites for hydroxylation is 3. The predicted molar refractivity (Wildman–Crippen MR) is 117 cm³/mol. The minimum Gasteiger partial charge on any atom is -0.493 e. The van der Waals surface area contributed by atoms with Crippen LogP contribution in [0.3, 0.4) is 0 Å². The highest BCUT2D eigenvalue weighted by atomic mass is 16.5. The van der Waals surface area contributed by atoms with Crippen molar-refractivity contribution in [2.45, 2.75) is 39.4 Å². The van der Waals surface area contributed by atoms with Gasteiger partial charge in [-0.15, -0.1) is 0 Å². The van der Waals surface area contributed by atoms with Crippen LogP contribution in [-0.4, -0.2) is 30.2 Å². The lowest BCUT2D eigenvalue weighted by Gasteiger charge is -2.32. The zero-order chi connectivity index (χ0) is 20.4. The molecule has 2 heterocycles. The van der Waals surface area contributed by atoms with Crippen molar-refractivity contribution in [2.24, 2.45) is 0 Å². The molecule has 0 aliphatic carbocycles. The molecule has 152 valence electrons. The first-order valence-electron chi connectivity index (χ1n) is 10.3. The van der Waals surface area contributed by atoms with E-state index >= 15 is 0 Å². The molecule has 1 aliphatic rings. The lowest BCUT2D eigenvalue weighted by atomic mass is 9.95. The number of methoxy groups -OCH3 is 2. The predicted octanol–water partition coefficient (Wildman–Crippen LogP) is 5.12. The third-order valence-electron chi connectivity index (χ3n) is 5.94. The highest BCUT2D eigenvalue weighted by molar-refractivity contribution is 5.47. The van der Waals surface area contributed by atoms with Gasteiger partial charge in [0.15, 0.2) is 11.5 Å². The third-order valence-corrected chi connectivity index (χ3v) is 5.94. The van der Waals surface area contributed by atoms with Gasteiger partial charge in [-0.05, 0) is 49.6 Å². The Hall–Kier alpha value is -2.72. The molecule has 0 amide bonds. The molecular formula is C25H30N2O2. The number of para-hydroxylation sites is 1. The number of hydrogen-bond donors (Lipinski definition) is 0. The minimum atomic E-state index is 0.211. The van der Waals surface area contributed by atoms with Gasteiger partial charge in [-0.3, -0.25) is 4.90 Å². The second kappa shape index (κ2) is 8.34. The summed E-state index contributed by atoms with van der Waals surface area (Å²) in [6.45, 7) is 7.28. The van der Waals surface area contributed by atoms with E-state index < -0.39 is 0 Å². The summed E-state index contributed by atoms with van der Waals surface area (Å²) in [5.41, 5.74) is 6.53. The molecule has 3 aromatic rings. The van der Waals surface area contributed by atoms with Crippen molar-refractivity contribution < 1.29 is 9.47 Å². The summed E-state index contributed by atoms with van der Waals surface area (Å²) in [5, 5.41) is 0. The standard InChI is InChI=1S/C25H30N2O2/c1-18-11-12-19(2)21(16-18)24-22-9-6-13-26(22)14-7-15-27(24)17-20-8-5-10-23(28-3)25(20)29-4/h5-6,8-13,16,24H,7,14-15,17H2,1-4H3. The monoisotopic (exact) mass is 390 g/mol. The van der Waals surface area contributed by atoms with Crippen molar-refractivity contribution in [2.75, 3.05) is 20.8 Å². The molecule has 1 unspecified atom stereocenters. The summed E-state index contributed by atoms with van der Waals surface area (Å²) in [6, 6.07) is 17.6. The Morgan fingerprint density at radius 3 is 2.62 bits per heavy atom. The molecule has 4 heteroatoms. The van der Waals surface area contributed by atoms with Gasteiger partial charge in [0.1, 0.15) is 0 Å². The van der Waals surface area contributed by atoms with Gasteiger partial charge in [-0.2, -0.15) is 0 Å². The van der Waals surface area contributed by atoms with Gasteiger partial charge >= 0.3 is 0 Å². The molecule has 0 saturated carbocycles. The Balaban J connectivity index is 1.80. The zero-order valence-electron chi connectivity index (χ0n) is 17.8. The Morgan fingerprint density at radius 1 is 0.966 bits per heavy atom. The zero-order valence-corrected chi connectivity index (χ0v) is 17.8. The second-order valence-corrected chi connectivity index (χ2v) is 7.87. The van der Waals surface area contributed by atoms with Gasteiger partial charge in [0.05, 0.1) is 20.3 Å². The molecule has 1 atom stereocenters. The topological polar surface area (TPSA) is 26.6 Å². The van der Waals surface area contributed by atoms with E-state index in [-0.39, 0.29) is 6.04 Å². The molecule has 1 aliphatic heterocycles. The quantitative estimate of drug-likeness (QED) is 0.605. The van der Waals surface area contributed by atoms with Crippen LogP contribution in [0.2, 0.25) is 0 Å². The van der Waals surface area contributed by atoms with Crippen molar-refractivity contribution in [1.29, 1.82) is 0 Å². The number of fused-ring (bicyclic) bond motifs is 1. The van der Waals surface area contributed by atoms with E-state index in [1.165, 1.54) is 22.4 Å². The maximum atomic E-state index is 5.72. The van der Waals surface area contributed by atoms with Crippen LogP contribution in [0, 0.1) is 13.8 Å². The summed E-state index contributed by atoms with van der Waals surface area (Å²) < 4.78 is 13.7. The van der Waals surface area contributed by atoms with Gasteiger partial charge in [-0.1, -0.05) is 35.9 Å². The summed E-state index contributed by atoms with van der Waals surface area (Å²) in [7, 11) is 3.41. The Bertz CT molecular complexity index is 992. The summed E-state index contributed by atoms with van der Waals surface area (Å²) in [5.74, 6) is 1.61. The van der Waals surface area contributed by atoms with Gasteiger partial charge < -0.3 is 14.0 Å². The lowest BCUT2D eigenvalue weighted by molar-refractivity contribution is 0.216. The number of rotatable bonds is 5. The number of benzene rings is 2. The molecule has 0 saturated heterocycles. The average Bonchev–Trinajstić information content (AvgIpc) is 3.11. The number of nitrogens with zero attached hydrogens (tertiary/aromatic N) is 2. The number of ether oxygens (including phenoxy) is 2. The average molecular weight is 391 g/mol. The van der Waals surface area contributed by atoms with Gasteiger partial charge in [0.2, 0.25) is 0 Å². The maximum absolute atomic E-state index is 5.72. The largest absolute Gasteiger partial charge is 0.493 e. The molecule has 1 aromatic heterocycles. The number of aromatic nitrogens is 1. The normalized spacial score (nSPS) is 16.9. The lowest BCUT2D eigenvalue weighted by Crippen LogP contribution is -2.30. The minimum absolute atomic E-state index is 0.211. The van der Waals surface area contributed by atoms with Crippen molar-refractivity contribution in [3.8, 4) is 11.5 Å². The Kier molecular flexibility index (Phi) is 5.63. The highest BCUT2D eigenvalue weighted by Gasteiger charge is 2.29. The number of hydrogen-bond acceptors (Lipinski definition) is 3. The van der Waals surface area contributed by atoms with E-state index in [4.69, 9.17) is 9.47 Å². The SMILES string of the molecule is COc1cccc(CN2CCCn3cccc3C2c2cc(C)ccc2C)c1OC. The molecule has 0 bridgehead atoms. The van der Waals surface area contributed by atoms with Crippen LogP contribution in [0.5, 0.6) is 11.5 Å². The molecule has 0 spiro atoms. The van der Waals surface area contributed by atoms with Gasteiger partial charge in [-0.25, -0.2) is 0 Å². The first kappa shape index (κ1) is 19.6. The van der Waals surface area contributed by atoms with Crippen LogP contribution in [0.25, 0.3) is 0 Å². The van der Waals surface area contributed by atoms with Gasteiger partial charge in [0, 0.05) is 37.1 Å². The van der Waals surface area contributed by atoms with Crippen molar-refractivity contribution in [3.05, 3.63) is 82.7 Å². The Labute approximate surface area is 173 Å². The van der Waals surface area contributed by atoms with E-state index in [1.807, 2.05) is 12.1 Å². The molecule has 0 N–H and O–H groups in total. The van der Waals surface area contributed by atoms with Crippen molar-refractivity contribution in [1.82, 2.24) is 9.47 Å². The van der Waals surface area contributed by atoms with Gasteiger partial charge in [0.25, 0.3) is 0 Å². The van der Waals surface area contributed by atoms with E-state index in [2.05, 4.69) is 65.9 Å². The van der Waals surface area contributed by atoms with E-state index in [1.54, 1.807) is 14.2 Å². The van der Waals surface area contributed by atoms with Crippen LogP contribution >= 0.6 is 0 Å². The molecule has 0 fully saturated rings. The third kappa shape index (κ3) is 3.77. The summed E-state index contributed by atoms with van der Waals surface area (Å²) in [6.07, 6.45) is 3.33. The van der Waals surface area contributed by atoms with Crippen LogP contribution in [0.15, 0.2) is 54.7 Å². The fraction of sp³-hybridized carbons (Fsp3) is 0.360. The first-order valence-corrected chi connectivity index (χ1v) is 10.3. The highest BCUT2D eigenvalue weighted by Crippen LogP contribution is 2.38. The van der Waals surface area contributed by atoms with E-state index in [9.17, 15) is 0 Å². The summed E-state index contributed by atoms with van der Waals surface area (Å²) >= 11 is 0. The van der Waals surface area contributed by atoms with E-state index in [0.29, 0.717) is 0 Å². The van der Waals surface area contributed by atoms with Crippen molar-refractivity contribution in [3.63, 3.8) is 0 Å². The molecular weight excluding hydrogens is 360 g/mol. The molecule has 2 aromatic carbocycles. The van der Waals surface area contributed by atoms with Crippen LogP contribution in [0.4, 0.5) is 0 Å². The summed E-state index contributed by atoms with van der Waals surface area (Å²) in [4.78, 5) is 2.58. The second-order valence-electron chi connectivity index (χ2n) is 7.87. The molecule has 0 radical (unpaired) electrons. The first-order chi connectivity index (χ1) is 14.1. The van der Waals surface area contributed by atoms with Crippen LogP contribution in [-0.2, 0) is 13.1 Å². The fourth-order valence-corrected chi connectivity index (χ4v) is 4.52. The Morgan fingerprint density at radius 2 is 1.83 bits per heavy atom. The van der Waals surface area contributed by atoms with Crippen LogP contribution < -0.4 is 9.47 Å². The molecule has 29 heavy (non-hydrogen) atoms. The smallest absolute Gasteiger partial charge is 0.165 e. The fourth-order valence-electron chi connectivity index (χ4n) is 4.52. The molecule has 4 nitrogen and oxygen atoms in total.